The van der Waals surface area contributed by atoms with Gasteiger partial charge in [-0.1, -0.05) is 6.07 Å². The lowest BCUT2D eigenvalue weighted by atomic mass is 10.1. The Labute approximate surface area is 187 Å². The maximum atomic E-state index is 12.7. The molecule has 0 aromatic heterocycles. The van der Waals surface area contributed by atoms with Crippen LogP contribution in [0.1, 0.15) is 39.2 Å². The van der Waals surface area contributed by atoms with Gasteiger partial charge in [0, 0.05) is 26.0 Å². The molecular formula is C22H30N2O6S. The Kier molecular flexibility index (Phi) is 7.83. The van der Waals surface area contributed by atoms with E-state index in [-0.39, 0.29) is 12.1 Å². The zero-order valence-electron chi connectivity index (χ0n) is 18.5. The van der Waals surface area contributed by atoms with E-state index in [1.165, 1.54) is 11.8 Å². The minimum atomic E-state index is -0.993. The van der Waals surface area contributed by atoms with Crippen molar-refractivity contribution in [3.63, 3.8) is 0 Å². The van der Waals surface area contributed by atoms with Gasteiger partial charge < -0.3 is 23.8 Å². The van der Waals surface area contributed by atoms with Crippen LogP contribution in [0.25, 0.3) is 0 Å². The molecule has 8 nitrogen and oxygen atoms in total. The van der Waals surface area contributed by atoms with E-state index in [2.05, 4.69) is 4.99 Å². The number of methoxy groups -OCH3 is 1. The molecule has 170 valence electrons. The quantitative estimate of drug-likeness (QED) is 0.442. The van der Waals surface area contributed by atoms with Gasteiger partial charge in [-0.3, -0.25) is 4.99 Å². The summed E-state index contributed by atoms with van der Waals surface area (Å²) in [5.74, 6) is 0.822. The first kappa shape index (κ1) is 23.4. The molecule has 2 aliphatic heterocycles. The maximum absolute atomic E-state index is 12.7. The highest BCUT2D eigenvalue weighted by Crippen LogP contribution is 2.39. The lowest BCUT2D eigenvalue weighted by Crippen LogP contribution is -2.37. The third-order valence-electron chi connectivity index (χ3n) is 4.93. The lowest BCUT2D eigenvalue weighted by molar-refractivity contribution is -0.152. The first-order chi connectivity index (χ1) is 14.8. The summed E-state index contributed by atoms with van der Waals surface area (Å²) in [5, 5.41) is 0.615. The normalized spacial score (nSPS) is 20.7. The number of likely N-dealkylation sites (tertiary alicyclic amines) is 1. The summed E-state index contributed by atoms with van der Waals surface area (Å²) in [7, 11) is 1.59. The minimum absolute atomic E-state index is 0.219. The van der Waals surface area contributed by atoms with Crippen LogP contribution in [0, 0.1) is 0 Å². The monoisotopic (exact) mass is 450 g/mol. The molecule has 0 unspecified atom stereocenters. The number of hydrogen-bond donors (Lipinski definition) is 0. The van der Waals surface area contributed by atoms with Crippen LogP contribution in [0.5, 0.6) is 11.5 Å². The van der Waals surface area contributed by atoms with Gasteiger partial charge in [-0.25, -0.2) is 9.59 Å². The lowest BCUT2D eigenvalue weighted by Gasteiger charge is -2.20. The molecule has 0 radical (unpaired) electrons. The number of aliphatic imine (C=N–C) groups is 1. The fourth-order valence-electron chi connectivity index (χ4n) is 3.27. The van der Waals surface area contributed by atoms with E-state index in [1.807, 2.05) is 26.0 Å². The van der Waals surface area contributed by atoms with Crippen molar-refractivity contribution in [2.75, 3.05) is 39.2 Å². The molecule has 0 saturated carbocycles. The Morgan fingerprint density at radius 1 is 1.23 bits per heavy atom. The molecule has 0 N–H and O–H groups in total. The summed E-state index contributed by atoms with van der Waals surface area (Å²) in [5.41, 5.74) is -0.374. The van der Waals surface area contributed by atoms with Crippen LogP contribution in [-0.2, 0) is 14.3 Å². The van der Waals surface area contributed by atoms with E-state index in [4.69, 9.17) is 18.9 Å². The molecule has 0 bridgehead atoms. The summed E-state index contributed by atoms with van der Waals surface area (Å²) in [6, 6.07) is 5.38. The molecule has 3 rings (SSSR count). The highest BCUT2D eigenvalue weighted by molar-refractivity contribution is 8.14. The molecule has 2 aliphatic rings. The summed E-state index contributed by atoms with van der Waals surface area (Å²) in [6.45, 7) is 7.44. The number of ether oxygens (including phenoxy) is 4. The van der Waals surface area contributed by atoms with E-state index < -0.39 is 11.6 Å². The number of nitrogens with zero attached hydrogens (tertiary/aromatic N) is 2. The van der Waals surface area contributed by atoms with Gasteiger partial charge in [0.1, 0.15) is 11.7 Å². The van der Waals surface area contributed by atoms with E-state index in [9.17, 15) is 9.59 Å². The number of carbonyl (C=O) groups is 2. The SMILES string of the molecule is COCCOc1cccc(C2=N[C@@](C)(C(=O)OC(C)C)CS2)c1OC(=O)N1CCCC1. The molecule has 9 heteroatoms. The van der Waals surface area contributed by atoms with Crippen LogP contribution in [0.2, 0.25) is 0 Å². The Morgan fingerprint density at radius 2 is 1.97 bits per heavy atom. The maximum Gasteiger partial charge on any atom is 0.415 e. The van der Waals surface area contributed by atoms with Crippen molar-refractivity contribution in [1.82, 2.24) is 4.90 Å². The zero-order chi connectivity index (χ0) is 22.4. The van der Waals surface area contributed by atoms with Gasteiger partial charge >= 0.3 is 12.1 Å². The number of carbonyl (C=O) groups excluding carboxylic acids is 2. The predicted molar refractivity (Wildman–Crippen MR) is 119 cm³/mol. The van der Waals surface area contributed by atoms with Gasteiger partial charge in [-0.15, -0.1) is 11.8 Å². The smallest absolute Gasteiger partial charge is 0.415 e. The number of hydrogen-bond acceptors (Lipinski definition) is 8. The topological polar surface area (TPSA) is 86.7 Å². The summed E-state index contributed by atoms with van der Waals surface area (Å²) in [4.78, 5) is 31.6. The van der Waals surface area contributed by atoms with Crippen molar-refractivity contribution in [2.24, 2.45) is 4.99 Å². The molecule has 1 aromatic rings. The van der Waals surface area contributed by atoms with Crippen LogP contribution in [0.3, 0.4) is 0 Å². The van der Waals surface area contributed by atoms with Gasteiger partial charge in [0.2, 0.25) is 0 Å². The molecule has 2 heterocycles. The van der Waals surface area contributed by atoms with E-state index >= 15 is 0 Å². The first-order valence-electron chi connectivity index (χ1n) is 10.5. The van der Waals surface area contributed by atoms with Crippen molar-refractivity contribution < 1.29 is 28.5 Å². The zero-order valence-corrected chi connectivity index (χ0v) is 19.3. The highest BCUT2D eigenvalue weighted by Gasteiger charge is 2.41. The number of esters is 1. The predicted octanol–water partition coefficient (Wildman–Crippen LogP) is 3.51. The van der Waals surface area contributed by atoms with Gasteiger partial charge in [-0.2, -0.15) is 0 Å². The molecule has 0 aliphatic carbocycles. The molecule has 1 amide bonds. The Bertz CT molecular complexity index is 837. The summed E-state index contributed by atoms with van der Waals surface area (Å²) < 4.78 is 22.1. The van der Waals surface area contributed by atoms with Crippen LogP contribution in [-0.4, -0.2) is 72.8 Å². The average Bonchev–Trinajstić information content (AvgIpc) is 3.39. The van der Waals surface area contributed by atoms with Crippen molar-refractivity contribution in [3.8, 4) is 11.5 Å². The molecule has 1 atom stereocenters. The summed E-state index contributed by atoms with van der Waals surface area (Å²) in [6.07, 6.45) is 1.30. The highest BCUT2D eigenvalue weighted by atomic mass is 32.2. The standard InChI is InChI=1S/C22H30N2O6S/c1-15(2)29-20(25)22(3)14-31-19(23-22)16-8-7-9-17(28-13-12-27-4)18(16)30-21(26)24-10-5-6-11-24/h7-9,15H,5-6,10-14H2,1-4H3/t22-/m1/s1. The second kappa shape index (κ2) is 10.4. The average molecular weight is 451 g/mol. The number of benzene rings is 1. The molecule has 31 heavy (non-hydrogen) atoms. The fourth-order valence-corrected chi connectivity index (χ4v) is 4.45. The first-order valence-corrected chi connectivity index (χ1v) is 11.5. The van der Waals surface area contributed by atoms with Gasteiger partial charge in [-0.05, 0) is 45.7 Å². The summed E-state index contributed by atoms with van der Waals surface area (Å²) >= 11 is 1.43. The molecule has 1 saturated heterocycles. The molecule has 0 spiro atoms. The second-order valence-electron chi connectivity index (χ2n) is 7.97. The molecule has 1 aromatic carbocycles. The van der Waals surface area contributed by atoms with Gasteiger partial charge in [0.15, 0.2) is 17.0 Å². The van der Waals surface area contributed by atoms with Crippen molar-refractivity contribution in [3.05, 3.63) is 23.8 Å². The van der Waals surface area contributed by atoms with E-state index in [0.717, 1.165) is 12.8 Å². The fraction of sp³-hybridized carbons (Fsp3) is 0.591. The Balaban J connectivity index is 1.91. The number of thioether (sulfide) groups is 1. The Morgan fingerprint density at radius 3 is 2.65 bits per heavy atom. The largest absolute Gasteiger partial charge is 0.487 e. The minimum Gasteiger partial charge on any atom is -0.487 e. The van der Waals surface area contributed by atoms with Crippen molar-refractivity contribution in [2.45, 2.75) is 45.3 Å². The van der Waals surface area contributed by atoms with Crippen LogP contribution >= 0.6 is 11.8 Å². The van der Waals surface area contributed by atoms with E-state index in [0.29, 0.717) is 54.2 Å². The van der Waals surface area contributed by atoms with Gasteiger partial charge in [0.25, 0.3) is 0 Å². The Hall–Kier alpha value is -2.26. The number of para-hydroxylation sites is 1. The molecule has 1 fully saturated rings. The number of amides is 1. The van der Waals surface area contributed by atoms with Crippen LogP contribution in [0.15, 0.2) is 23.2 Å². The number of rotatable bonds is 8. The second-order valence-corrected chi connectivity index (χ2v) is 8.93. The van der Waals surface area contributed by atoms with Crippen LogP contribution in [0.4, 0.5) is 4.79 Å². The van der Waals surface area contributed by atoms with Crippen LogP contribution < -0.4 is 9.47 Å². The van der Waals surface area contributed by atoms with Crippen molar-refractivity contribution in [1.29, 1.82) is 0 Å². The molecular weight excluding hydrogens is 420 g/mol. The van der Waals surface area contributed by atoms with Crippen molar-refractivity contribution >= 4 is 28.9 Å². The third kappa shape index (κ3) is 5.71. The third-order valence-corrected chi connectivity index (χ3v) is 6.22. The van der Waals surface area contributed by atoms with Gasteiger partial charge in [0.05, 0.1) is 18.3 Å². The van der Waals surface area contributed by atoms with E-state index in [1.54, 1.807) is 25.0 Å².